The molecule has 0 amide bonds. The molecule has 0 spiro atoms. The molecule has 18 unspecified atom stereocenters. The molecule has 2 saturated heterocycles. The highest BCUT2D eigenvalue weighted by Gasteiger charge is 2.60. The summed E-state index contributed by atoms with van der Waals surface area (Å²) < 4.78 is 73.1. The molecule has 0 aromatic carbocycles. The molecule has 1 aliphatic carbocycles. The smallest absolute Gasteiger partial charge is 0.463 e. The SMILES string of the molecule is CCCCCCCC/C=C\CCCCCC(=O)OCC1OC(OC2C(OC(=O)CCCCCCCCCCCCCCC)C(O)C(O)C(OC3OC(CO)C(O)C(O)C3O)C2OP(=O)(O)OCC(COC(=O)CCCCCCCCCCCCCCC)OC(=O)CCCCC/C=C\CCCCCCCC)C(O)C(O)C1O. The molecule has 26 heteroatoms. The first-order chi connectivity index (χ1) is 53.7. The number of ether oxygens (including phenoxy) is 8. The lowest BCUT2D eigenvalue weighted by molar-refractivity contribution is -0.360. The molecular weight excluding hydrogens is 1450 g/mol. The van der Waals surface area contributed by atoms with Crippen LogP contribution in [0.15, 0.2) is 24.3 Å². The molecule has 1 saturated carbocycles. The van der Waals surface area contributed by atoms with Gasteiger partial charge in [0.2, 0.25) is 0 Å². The Kier molecular flexibility index (Phi) is 59.8. The molecule has 3 aliphatic rings. The Bertz CT molecular complexity index is 2420. The van der Waals surface area contributed by atoms with E-state index in [4.69, 9.17) is 46.9 Å². The number of hydrogen-bond acceptors (Lipinski definition) is 24. The van der Waals surface area contributed by atoms with Crippen molar-refractivity contribution in [1.29, 1.82) is 0 Å². The Balaban J connectivity index is 1.95. The number of allylic oxidation sites excluding steroid dienone is 4. The van der Waals surface area contributed by atoms with Gasteiger partial charge in [0.05, 0.1) is 13.2 Å². The Morgan fingerprint density at radius 1 is 0.351 bits per heavy atom. The summed E-state index contributed by atoms with van der Waals surface area (Å²) in [5, 5.41) is 102. The van der Waals surface area contributed by atoms with Crippen molar-refractivity contribution in [2.24, 2.45) is 0 Å². The number of phosphoric acid groups is 1. The molecule has 10 N–H and O–H groups in total. The highest BCUT2D eigenvalue weighted by atomic mass is 31.2. The van der Waals surface area contributed by atoms with Gasteiger partial charge in [-0.25, -0.2) is 4.57 Å². The molecule has 3 rings (SSSR count). The molecule has 650 valence electrons. The third-order valence-corrected chi connectivity index (χ3v) is 22.4. The quantitative estimate of drug-likeness (QED) is 0.00889. The van der Waals surface area contributed by atoms with Crippen LogP contribution in [0.2, 0.25) is 0 Å². The molecule has 25 nitrogen and oxygen atoms in total. The maximum Gasteiger partial charge on any atom is 0.472 e. The summed E-state index contributed by atoms with van der Waals surface area (Å²) in [6, 6.07) is 0. The maximum atomic E-state index is 14.8. The molecule has 2 aliphatic heterocycles. The summed E-state index contributed by atoms with van der Waals surface area (Å²) in [4.78, 5) is 66.2. The fourth-order valence-electron chi connectivity index (χ4n) is 14.4. The van der Waals surface area contributed by atoms with Gasteiger partial charge in [-0.2, -0.15) is 0 Å². The van der Waals surface area contributed by atoms with Crippen LogP contribution in [0.5, 0.6) is 0 Å². The zero-order valence-corrected chi connectivity index (χ0v) is 69.7. The Morgan fingerprint density at radius 3 is 1.08 bits per heavy atom. The Morgan fingerprint density at radius 2 is 0.676 bits per heavy atom. The number of carbonyl (C=O) groups excluding carboxylic acids is 4. The predicted molar refractivity (Wildman–Crippen MR) is 426 cm³/mol. The number of aliphatic hydroxyl groups excluding tert-OH is 9. The lowest BCUT2D eigenvalue weighted by atomic mass is 9.84. The van der Waals surface area contributed by atoms with Crippen LogP contribution in [0, 0.1) is 0 Å². The van der Waals surface area contributed by atoms with E-state index in [-0.39, 0.29) is 25.7 Å². The molecule has 0 aromatic heterocycles. The summed E-state index contributed by atoms with van der Waals surface area (Å²) >= 11 is 0. The van der Waals surface area contributed by atoms with Crippen LogP contribution >= 0.6 is 7.82 Å². The zero-order chi connectivity index (χ0) is 81.1. The fraction of sp³-hybridized carbons (Fsp3) is 0.906. The van der Waals surface area contributed by atoms with Gasteiger partial charge in [-0.1, -0.05) is 283 Å². The molecule has 0 radical (unpaired) electrons. The number of hydrogen-bond donors (Lipinski definition) is 10. The Hall–Kier alpha value is -3.05. The van der Waals surface area contributed by atoms with Gasteiger partial charge >= 0.3 is 31.7 Å². The van der Waals surface area contributed by atoms with Crippen LogP contribution in [-0.4, -0.2) is 205 Å². The van der Waals surface area contributed by atoms with Crippen molar-refractivity contribution in [3.8, 4) is 0 Å². The third-order valence-electron chi connectivity index (χ3n) is 21.4. The van der Waals surface area contributed by atoms with Gasteiger partial charge in [0.25, 0.3) is 0 Å². The third kappa shape index (κ3) is 46.0. The first-order valence-electron chi connectivity index (χ1n) is 44.1. The van der Waals surface area contributed by atoms with Crippen LogP contribution < -0.4 is 0 Å². The number of unbranched alkanes of at least 4 members (excludes halogenated alkanes) is 42. The van der Waals surface area contributed by atoms with Crippen LogP contribution in [0.3, 0.4) is 0 Å². The topological polar surface area (TPSA) is 380 Å². The second-order valence-corrected chi connectivity index (χ2v) is 32.8. The van der Waals surface area contributed by atoms with Gasteiger partial charge < -0.3 is 88.7 Å². The molecule has 111 heavy (non-hydrogen) atoms. The highest BCUT2D eigenvalue weighted by Crippen LogP contribution is 2.49. The van der Waals surface area contributed by atoms with Gasteiger partial charge in [0.1, 0.15) is 92.6 Å². The summed E-state index contributed by atoms with van der Waals surface area (Å²) in [5.74, 6) is -3.00. The lowest BCUT2D eigenvalue weighted by Gasteiger charge is -2.50. The minimum absolute atomic E-state index is 0.00622. The van der Waals surface area contributed by atoms with Crippen LogP contribution in [-0.2, 0) is 70.7 Å². The monoisotopic (exact) mass is 1610 g/mol. The van der Waals surface area contributed by atoms with E-state index in [9.17, 15) is 74.6 Å². The van der Waals surface area contributed by atoms with E-state index >= 15 is 0 Å². The van der Waals surface area contributed by atoms with E-state index in [2.05, 4.69) is 52.0 Å². The molecular formula is C85H155O25P. The summed E-state index contributed by atoms with van der Waals surface area (Å²) in [5.41, 5.74) is 0. The normalized spacial score (nSPS) is 25.8. The molecule has 2 heterocycles. The van der Waals surface area contributed by atoms with Crippen molar-refractivity contribution in [3.05, 3.63) is 24.3 Å². The number of rotatable bonds is 70. The molecule has 0 aromatic rings. The van der Waals surface area contributed by atoms with Gasteiger partial charge in [0.15, 0.2) is 24.8 Å². The highest BCUT2D eigenvalue weighted by molar-refractivity contribution is 7.47. The number of carbonyl (C=O) groups is 4. The van der Waals surface area contributed by atoms with Crippen molar-refractivity contribution < 1.29 is 122 Å². The first kappa shape index (κ1) is 102. The van der Waals surface area contributed by atoms with E-state index in [0.29, 0.717) is 44.9 Å². The minimum atomic E-state index is -5.80. The van der Waals surface area contributed by atoms with Crippen LogP contribution in [0.1, 0.15) is 362 Å². The number of esters is 4. The maximum absolute atomic E-state index is 14.8. The van der Waals surface area contributed by atoms with Crippen molar-refractivity contribution in [2.45, 2.75) is 466 Å². The van der Waals surface area contributed by atoms with Crippen molar-refractivity contribution >= 4 is 31.7 Å². The van der Waals surface area contributed by atoms with Crippen molar-refractivity contribution in [1.82, 2.24) is 0 Å². The molecule has 3 fully saturated rings. The largest absolute Gasteiger partial charge is 0.472 e. The van der Waals surface area contributed by atoms with Gasteiger partial charge in [-0.15, -0.1) is 0 Å². The predicted octanol–water partition coefficient (Wildman–Crippen LogP) is 15.0. The summed E-state index contributed by atoms with van der Waals surface area (Å²) in [7, 11) is -5.80. The number of phosphoric ester groups is 1. The van der Waals surface area contributed by atoms with E-state index in [1.807, 2.05) is 0 Å². The van der Waals surface area contributed by atoms with Crippen LogP contribution in [0.4, 0.5) is 0 Å². The standard InChI is InChI=1S/C85H155O25P/c1-5-9-13-17-21-25-29-33-37-41-45-49-53-57-68(87)101-62-65(104-70(89)59-55-51-47-43-39-35-31-27-23-19-15-11-7-3)63-103-111(99,100)110-83-81(108-84-78(97)74(93)72(91)66(61-86)105-84)77(96)76(95)80(107-71(90)60-56-52-48-44-40-36-32-28-24-20-16-12-8-4)82(83)109-85-79(98)75(94)73(92)67(106-85)64-102-69(88)58-54-50-46-42-38-34-30-26-22-18-14-10-6-2/h34-35,38-39,65-67,72-86,91-98H,5-33,36-37,40-64H2,1-4H3,(H,99,100)/b38-34-,39-35-. The number of aliphatic hydroxyl groups is 9. The summed E-state index contributed by atoms with van der Waals surface area (Å²) in [6.45, 7) is 5.51. The molecule has 0 bridgehead atoms. The van der Waals surface area contributed by atoms with E-state index < -0.39 is 162 Å². The fourth-order valence-corrected chi connectivity index (χ4v) is 15.3. The Labute approximate surface area is 666 Å². The first-order valence-corrected chi connectivity index (χ1v) is 45.6. The van der Waals surface area contributed by atoms with Gasteiger partial charge in [-0.05, 0) is 77.0 Å². The zero-order valence-electron chi connectivity index (χ0n) is 68.8. The van der Waals surface area contributed by atoms with Crippen molar-refractivity contribution in [3.63, 3.8) is 0 Å². The van der Waals surface area contributed by atoms with E-state index in [1.165, 1.54) is 148 Å². The molecule has 18 atom stereocenters. The second kappa shape index (κ2) is 65.0. The van der Waals surface area contributed by atoms with E-state index in [1.54, 1.807) is 0 Å². The van der Waals surface area contributed by atoms with Gasteiger partial charge in [0, 0.05) is 25.7 Å². The average Bonchev–Trinajstić information content (AvgIpc) is 0.756. The summed E-state index contributed by atoms with van der Waals surface area (Å²) in [6.07, 6.45) is 22.2. The van der Waals surface area contributed by atoms with Crippen LogP contribution in [0.25, 0.3) is 0 Å². The second-order valence-electron chi connectivity index (χ2n) is 31.4. The van der Waals surface area contributed by atoms with Gasteiger partial charge in [-0.3, -0.25) is 28.2 Å². The van der Waals surface area contributed by atoms with Crippen molar-refractivity contribution in [2.75, 3.05) is 26.4 Å². The van der Waals surface area contributed by atoms with E-state index in [0.717, 1.165) is 116 Å². The minimum Gasteiger partial charge on any atom is -0.463 e. The average molecular weight is 1610 g/mol. The lowest BCUT2D eigenvalue weighted by Crippen LogP contribution is -2.70.